The van der Waals surface area contributed by atoms with Crippen LogP contribution in [0.3, 0.4) is 0 Å². The van der Waals surface area contributed by atoms with Gasteiger partial charge in [-0.05, 0) is 37.2 Å². The Bertz CT molecular complexity index is 707. The molecule has 5 nitrogen and oxygen atoms in total. The molecule has 2 rings (SSSR count). The summed E-state index contributed by atoms with van der Waals surface area (Å²) in [6.45, 7) is 5.62. The summed E-state index contributed by atoms with van der Waals surface area (Å²) in [5, 5.41) is 7.69. The standard InChI is InChI=1S/C15H21N3O2S/c1-4-16-15(14-9-10-17-18(14)5-2)12-7-6-8-13(11-12)21(3,19)20/h6-11,15-16H,4-5H2,1-3H3. The lowest BCUT2D eigenvalue weighted by Crippen LogP contribution is -2.25. The summed E-state index contributed by atoms with van der Waals surface area (Å²) < 4.78 is 25.4. The molecule has 0 spiro atoms. The fourth-order valence-corrected chi connectivity index (χ4v) is 3.05. The lowest BCUT2D eigenvalue weighted by molar-refractivity contribution is 0.541. The van der Waals surface area contributed by atoms with Crippen molar-refractivity contribution in [3.63, 3.8) is 0 Å². The fraction of sp³-hybridized carbons (Fsp3) is 0.400. The Morgan fingerprint density at radius 1 is 1.29 bits per heavy atom. The molecule has 0 aliphatic carbocycles. The van der Waals surface area contributed by atoms with Crippen molar-refractivity contribution in [1.29, 1.82) is 0 Å². The van der Waals surface area contributed by atoms with Gasteiger partial charge in [0, 0.05) is 19.0 Å². The van der Waals surface area contributed by atoms with Gasteiger partial charge in [0.15, 0.2) is 9.84 Å². The van der Waals surface area contributed by atoms with E-state index in [9.17, 15) is 8.42 Å². The quantitative estimate of drug-likeness (QED) is 0.886. The number of sulfone groups is 1. The highest BCUT2D eigenvalue weighted by Gasteiger charge is 2.18. The van der Waals surface area contributed by atoms with Gasteiger partial charge < -0.3 is 5.32 Å². The first kappa shape index (κ1) is 15.7. The second-order valence-electron chi connectivity index (χ2n) is 4.91. The molecule has 0 saturated heterocycles. The minimum absolute atomic E-state index is 0.0702. The molecule has 1 aromatic heterocycles. The highest BCUT2D eigenvalue weighted by molar-refractivity contribution is 7.90. The van der Waals surface area contributed by atoms with Gasteiger partial charge in [0.05, 0.1) is 16.6 Å². The van der Waals surface area contributed by atoms with E-state index in [-0.39, 0.29) is 6.04 Å². The second kappa shape index (κ2) is 6.41. The number of rotatable bonds is 6. The maximum atomic E-state index is 11.7. The van der Waals surface area contributed by atoms with Gasteiger partial charge in [-0.3, -0.25) is 4.68 Å². The summed E-state index contributed by atoms with van der Waals surface area (Å²) in [5.41, 5.74) is 1.96. The normalized spacial score (nSPS) is 13.3. The third kappa shape index (κ3) is 3.51. The van der Waals surface area contributed by atoms with E-state index in [4.69, 9.17) is 0 Å². The van der Waals surface area contributed by atoms with Gasteiger partial charge in [-0.25, -0.2) is 8.42 Å². The van der Waals surface area contributed by atoms with E-state index in [1.165, 1.54) is 6.26 Å². The van der Waals surface area contributed by atoms with Crippen LogP contribution in [0.15, 0.2) is 41.4 Å². The van der Waals surface area contributed by atoms with Crippen LogP contribution in [-0.2, 0) is 16.4 Å². The molecule has 2 aromatic rings. The van der Waals surface area contributed by atoms with Crippen molar-refractivity contribution in [2.75, 3.05) is 12.8 Å². The third-order valence-corrected chi connectivity index (χ3v) is 4.48. The molecular formula is C15H21N3O2S. The number of nitrogens with one attached hydrogen (secondary N) is 1. The van der Waals surface area contributed by atoms with Crippen LogP contribution in [0.25, 0.3) is 0 Å². The molecule has 1 unspecified atom stereocenters. The van der Waals surface area contributed by atoms with Gasteiger partial charge >= 0.3 is 0 Å². The number of benzene rings is 1. The van der Waals surface area contributed by atoms with E-state index in [1.54, 1.807) is 24.4 Å². The molecule has 0 saturated carbocycles. The molecule has 1 N–H and O–H groups in total. The SMILES string of the molecule is CCNC(c1cccc(S(C)(=O)=O)c1)c1ccnn1CC. The van der Waals surface area contributed by atoms with Crippen molar-refractivity contribution in [2.24, 2.45) is 0 Å². The molecule has 0 radical (unpaired) electrons. The second-order valence-corrected chi connectivity index (χ2v) is 6.92. The molecule has 21 heavy (non-hydrogen) atoms. The Morgan fingerprint density at radius 2 is 2.05 bits per heavy atom. The molecule has 0 aliphatic heterocycles. The zero-order valence-electron chi connectivity index (χ0n) is 12.6. The molecule has 0 amide bonds. The number of aromatic nitrogens is 2. The van der Waals surface area contributed by atoms with E-state index in [1.807, 2.05) is 30.7 Å². The van der Waals surface area contributed by atoms with Crippen molar-refractivity contribution in [3.05, 3.63) is 47.8 Å². The predicted octanol–water partition coefficient (Wildman–Crippen LogP) is 2.01. The van der Waals surface area contributed by atoms with Crippen molar-refractivity contribution < 1.29 is 8.42 Å². The molecule has 0 bridgehead atoms. The summed E-state index contributed by atoms with van der Waals surface area (Å²) in [5.74, 6) is 0. The molecule has 1 aromatic carbocycles. The average Bonchev–Trinajstić information content (AvgIpc) is 2.92. The smallest absolute Gasteiger partial charge is 0.175 e. The number of aryl methyl sites for hydroxylation is 1. The lowest BCUT2D eigenvalue weighted by atomic mass is 10.0. The zero-order chi connectivity index (χ0) is 15.5. The monoisotopic (exact) mass is 307 g/mol. The van der Waals surface area contributed by atoms with Gasteiger partial charge in [-0.15, -0.1) is 0 Å². The summed E-state index contributed by atoms with van der Waals surface area (Å²) in [6.07, 6.45) is 2.99. The van der Waals surface area contributed by atoms with E-state index in [0.29, 0.717) is 4.90 Å². The molecule has 6 heteroatoms. The van der Waals surface area contributed by atoms with Crippen LogP contribution in [0, 0.1) is 0 Å². The first-order chi connectivity index (χ1) is 9.97. The van der Waals surface area contributed by atoms with E-state index < -0.39 is 9.84 Å². The van der Waals surface area contributed by atoms with Crippen LogP contribution in [0.1, 0.15) is 31.1 Å². The number of hydrogen-bond acceptors (Lipinski definition) is 4. The largest absolute Gasteiger partial charge is 0.305 e. The summed E-state index contributed by atoms with van der Waals surface area (Å²) in [4.78, 5) is 0.338. The van der Waals surface area contributed by atoms with Gasteiger partial charge in [0.25, 0.3) is 0 Å². The van der Waals surface area contributed by atoms with Crippen LogP contribution >= 0.6 is 0 Å². The maximum absolute atomic E-state index is 11.7. The fourth-order valence-electron chi connectivity index (χ4n) is 2.37. The molecule has 1 atom stereocenters. The molecule has 1 heterocycles. The van der Waals surface area contributed by atoms with E-state index in [0.717, 1.165) is 24.3 Å². The average molecular weight is 307 g/mol. The Hall–Kier alpha value is -1.66. The van der Waals surface area contributed by atoms with Crippen LogP contribution < -0.4 is 5.32 Å². The molecular weight excluding hydrogens is 286 g/mol. The van der Waals surface area contributed by atoms with Gasteiger partial charge in [0.1, 0.15) is 0 Å². The molecule has 114 valence electrons. The van der Waals surface area contributed by atoms with E-state index in [2.05, 4.69) is 10.4 Å². The number of hydrogen-bond donors (Lipinski definition) is 1. The Labute approximate surface area is 125 Å². The number of nitrogens with zero attached hydrogens (tertiary/aromatic N) is 2. The molecule has 0 aliphatic rings. The van der Waals surface area contributed by atoms with Crippen LogP contribution in [0.5, 0.6) is 0 Å². The maximum Gasteiger partial charge on any atom is 0.175 e. The highest BCUT2D eigenvalue weighted by atomic mass is 32.2. The summed E-state index contributed by atoms with van der Waals surface area (Å²) >= 11 is 0. The Morgan fingerprint density at radius 3 is 2.67 bits per heavy atom. The van der Waals surface area contributed by atoms with Crippen molar-refractivity contribution in [1.82, 2.24) is 15.1 Å². The predicted molar refractivity (Wildman–Crippen MR) is 83.0 cm³/mol. The van der Waals surface area contributed by atoms with Gasteiger partial charge in [-0.2, -0.15) is 5.10 Å². The first-order valence-electron chi connectivity index (χ1n) is 7.02. The van der Waals surface area contributed by atoms with Crippen molar-refractivity contribution in [3.8, 4) is 0 Å². The van der Waals surface area contributed by atoms with Gasteiger partial charge in [0.2, 0.25) is 0 Å². The third-order valence-electron chi connectivity index (χ3n) is 3.37. The van der Waals surface area contributed by atoms with Crippen LogP contribution in [0.2, 0.25) is 0 Å². The first-order valence-corrected chi connectivity index (χ1v) is 8.91. The van der Waals surface area contributed by atoms with E-state index >= 15 is 0 Å². The topological polar surface area (TPSA) is 64.0 Å². The minimum Gasteiger partial charge on any atom is -0.305 e. The minimum atomic E-state index is -3.21. The van der Waals surface area contributed by atoms with Crippen LogP contribution in [-0.4, -0.2) is 31.0 Å². The Balaban J connectivity index is 2.49. The lowest BCUT2D eigenvalue weighted by Gasteiger charge is -2.20. The zero-order valence-corrected chi connectivity index (χ0v) is 13.4. The highest BCUT2D eigenvalue weighted by Crippen LogP contribution is 2.24. The summed E-state index contributed by atoms with van der Waals surface area (Å²) in [7, 11) is -3.21. The Kier molecular flexibility index (Phi) is 4.80. The van der Waals surface area contributed by atoms with Gasteiger partial charge in [-0.1, -0.05) is 19.1 Å². The molecule has 0 fully saturated rings. The van der Waals surface area contributed by atoms with Crippen LogP contribution in [0.4, 0.5) is 0 Å². The van der Waals surface area contributed by atoms with Crippen molar-refractivity contribution in [2.45, 2.75) is 31.3 Å². The van der Waals surface area contributed by atoms with Crippen molar-refractivity contribution >= 4 is 9.84 Å². The summed E-state index contributed by atoms with van der Waals surface area (Å²) in [6, 6.07) is 8.97.